The predicted molar refractivity (Wildman–Crippen MR) is 46.1 cm³/mol. The Morgan fingerprint density at radius 3 is 2.25 bits per heavy atom. The Kier molecular flexibility index (Phi) is 5.64. The van der Waals surface area contributed by atoms with Gasteiger partial charge in [0.15, 0.2) is 18.9 Å². The van der Waals surface area contributed by atoms with Crippen molar-refractivity contribution >= 4 is 0 Å². The second-order valence-corrected chi connectivity index (χ2v) is 2.85. The summed E-state index contributed by atoms with van der Waals surface area (Å²) in [5.41, 5.74) is 1.36. The number of hydrogen-bond donors (Lipinski definition) is 0. The maximum Gasteiger partial charge on any atom is 0.169 e. The third-order valence-corrected chi connectivity index (χ3v) is 1.49. The SMILES string of the molecule is CC(C)=CC[n+]1ccccc1.[Br-]. The molecule has 0 radical (unpaired) electrons. The van der Waals surface area contributed by atoms with Gasteiger partial charge in [-0.1, -0.05) is 11.6 Å². The molecule has 0 unspecified atom stereocenters. The fourth-order valence-electron chi connectivity index (χ4n) is 0.844. The summed E-state index contributed by atoms with van der Waals surface area (Å²) in [6, 6.07) is 6.11. The minimum atomic E-state index is 0. The standard InChI is InChI=1S/C10H14N.BrH/c1-10(2)6-9-11-7-4-3-5-8-11;/h3-8H,9H2,1-2H3;1H/q+1;/p-1. The van der Waals surface area contributed by atoms with E-state index < -0.39 is 0 Å². The van der Waals surface area contributed by atoms with Gasteiger partial charge in [0.05, 0.1) is 0 Å². The topological polar surface area (TPSA) is 3.88 Å². The van der Waals surface area contributed by atoms with E-state index in [-0.39, 0.29) is 17.0 Å². The Bertz CT molecular complexity index is 237. The molecule has 0 aliphatic carbocycles. The van der Waals surface area contributed by atoms with Crippen molar-refractivity contribution < 1.29 is 21.5 Å². The minimum Gasteiger partial charge on any atom is -1.00 e. The quantitative estimate of drug-likeness (QED) is 0.449. The number of allylic oxidation sites excluding steroid dienone is 2. The average Bonchev–Trinajstić information content (AvgIpc) is 2.03. The Hall–Kier alpha value is -0.630. The largest absolute Gasteiger partial charge is 1.00 e. The van der Waals surface area contributed by atoms with Gasteiger partial charge in [0.1, 0.15) is 0 Å². The maximum atomic E-state index is 2.21. The van der Waals surface area contributed by atoms with Crippen LogP contribution in [0.3, 0.4) is 0 Å². The summed E-state index contributed by atoms with van der Waals surface area (Å²) < 4.78 is 2.15. The van der Waals surface area contributed by atoms with Crippen LogP contribution in [0.5, 0.6) is 0 Å². The van der Waals surface area contributed by atoms with Crippen LogP contribution in [-0.4, -0.2) is 0 Å². The predicted octanol–water partition coefficient (Wildman–Crippen LogP) is -1.06. The molecular weight excluding hydrogens is 214 g/mol. The van der Waals surface area contributed by atoms with Gasteiger partial charge in [-0.2, -0.15) is 0 Å². The Balaban J connectivity index is 0.00000121. The smallest absolute Gasteiger partial charge is 0.169 e. The number of hydrogen-bond acceptors (Lipinski definition) is 0. The molecule has 0 bridgehead atoms. The van der Waals surface area contributed by atoms with Crippen molar-refractivity contribution in [2.45, 2.75) is 20.4 Å². The molecule has 0 saturated carbocycles. The molecular formula is C10H14BrN. The summed E-state index contributed by atoms with van der Waals surface area (Å²) >= 11 is 0. The molecule has 0 spiro atoms. The molecule has 0 aromatic carbocycles. The lowest BCUT2D eigenvalue weighted by Crippen LogP contribution is -3.00. The molecule has 1 heterocycles. The van der Waals surface area contributed by atoms with Gasteiger partial charge in [-0.05, 0) is 19.9 Å². The van der Waals surface area contributed by atoms with Gasteiger partial charge in [0.2, 0.25) is 0 Å². The average molecular weight is 228 g/mol. The van der Waals surface area contributed by atoms with Gasteiger partial charge < -0.3 is 17.0 Å². The van der Waals surface area contributed by atoms with Crippen LogP contribution < -0.4 is 21.5 Å². The molecule has 1 aromatic rings. The highest BCUT2D eigenvalue weighted by Gasteiger charge is 1.91. The molecule has 1 nitrogen and oxygen atoms in total. The number of nitrogens with zero attached hydrogens (tertiary/aromatic N) is 1. The van der Waals surface area contributed by atoms with Crippen LogP contribution in [0.1, 0.15) is 13.8 Å². The molecule has 0 aliphatic heterocycles. The van der Waals surface area contributed by atoms with Crippen LogP contribution >= 0.6 is 0 Å². The number of halogens is 1. The first-order valence-electron chi connectivity index (χ1n) is 3.86. The molecule has 66 valence electrons. The third-order valence-electron chi connectivity index (χ3n) is 1.49. The van der Waals surface area contributed by atoms with Gasteiger partial charge in [-0.15, -0.1) is 0 Å². The fraction of sp³-hybridized carbons (Fsp3) is 0.300. The molecule has 0 N–H and O–H groups in total. The summed E-state index contributed by atoms with van der Waals surface area (Å²) in [4.78, 5) is 0. The molecule has 0 aliphatic rings. The van der Waals surface area contributed by atoms with Crippen molar-refractivity contribution in [1.82, 2.24) is 0 Å². The van der Waals surface area contributed by atoms with Crippen LogP contribution in [0.15, 0.2) is 42.2 Å². The monoisotopic (exact) mass is 227 g/mol. The second kappa shape index (κ2) is 5.95. The second-order valence-electron chi connectivity index (χ2n) is 2.85. The molecule has 0 fully saturated rings. The van der Waals surface area contributed by atoms with Crippen molar-refractivity contribution in [2.75, 3.05) is 0 Å². The number of aromatic nitrogens is 1. The van der Waals surface area contributed by atoms with E-state index in [0.29, 0.717) is 0 Å². The Morgan fingerprint density at radius 2 is 1.75 bits per heavy atom. The summed E-state index contributed by atoms with van der Waals surface area (Å²) in [6.07, 6.45) is 6.35. The van der Waals surface area contributed by atoms with Crippen LogP contribution in [-0.2, 0) is 6.54 Å². The third kappa shape index (κ3) is 4.29. The summed E-state index contributed by atoms with van der Waals surface area (Å²) in [7, 11) is 0. The molecule has 0 saturated heterocycles. The first-order chi connectivity index (χ1) is 5.29. The molecule has 0 amide bonds. The zero-order valence-electron chi connectivity index (χ0n) is 7.50. The molecule has 12 heavy (non-hydrogen) atoms. The Labute approximate surface area is 84.5 Å². The van der Waals surface area contributed by atoms with Crippen molar-refractivity contribution in [3.63, 3.8) is 0 Å². The van der Waals surface area contributed by atoms with Crippen LogP contribution in [0.25, 0.3) is 0 Å². The van der Waals surface area contributed by atoms with E-state index in [0.717, 1.165) is 6.54 Å². The van der Waals surface area contributed by atoms with Crippen molar-refractivity contribution in [3.05, 3.63) is 42.2 Å². The Morgan fingerprint density at radius 1 is 1.17 bits per heavy atom. The van der Waals surface area contributed by atoms with E-state index in [9.17, 15) is 0 Å². The fourth-order valence-corrected chi connectivity index (χ4v) is 0.844. The summed E-state index contributed by atoms with van der Waals surface area (Å²) in [5, 5.41) is 0. The van der Waals surface area contributed by atoms with E-state index in [1.54, 1.807) is 0 Å². The lowest BCUT2D eigenvalue weighted by atomic mass is 10.3. The van der Waals surface area contributed by atoms with Gasteiger partial charge in [-0.3, -0.25) is 0 Å². The highest BCUT2D eigenvalue weighted by Crippen LogP contribution is 1.87. The lowest BCUT2D eigenvalue weighted by molar-refractivity contribution is -0.687. The zero-order valence-corrected chi connectivity index (χ0v) is 9.08. The summed E-state index contributed by atoms with van der Waals surface area (Å²) in [6.45, 7) is 5.20. The van der Waals surface area contributed by atoms with Crippen molar-refractivity contribution in [1.29, 1.82) is 0 Å². The van der Waals surface area contributed by atoms with Crippen LogP contribution in [0.4, 0.5) is 0 Å². The van der Waals surface area contributed by atoms with Gasteiger partial charge in [0.25, 0.3) is 0 Å². The highest BCUT2D eigenvalue weighted by atomic mass is 79.9. The minimum absolute atomic E-state index is 0. The molecule has 0 atom stereocenters. The maximum absolute atomic E-state index is 2.21. The van der Waals surface area contributed by atoms with E-state index in [4.69, 9.17) is 0 Å². The molecule has 2 heteroatoms. The normalized spacial score (nSPS) is 8.50. The van der Waals surface area contributed by atoms with Crippen molar-refractivity contribution in [3.8, 4) is 0 Å². The zero-order chi connectivity index (χ0) is 8.10. The lowest BCUT2D eigenvalue weighted by Gasteiger charge is -1.90. The number of rotatable bonds is 2. The van der Waals surface area contributed by atoms with E-state index in [1.165, 1.54) is 5.57 Å². The first-order valence-corrected chi connectivity index (χ1v) is 3.86. The first kappa shape index (κ1) is 11.4. The highest BCUT2D eigenvalue weighted by molar-refractivity contribution is 4.91. The summed E-state index contributed by atoms with van der Waals surface area (Å²) in [5.74, 6) is 0. The van der Waals surface area contributed by atoms with Crippen molar-refractivity contribution in [2.24, 2.45) is 0 Å². The van der Waals surface area contributed by atoms with Crippen LogP contribution in [0.2, 0.25) is 0 Å². The van der Waals surface area contributed by atoms with Gasteiger partial charge in [-0.25, -0.2) is 4.57 Å². The molecule has 1 aromatic heterocycles. The van der Waals surface area contributed by atoms with E-state index >= 15 is 0 Å². The van der Waals surface area contributed by atoms with Crippen LogP contribution in [0, 0.1) is 0 Å². The van der Waals surface area contributed by atoms with Gasteiger partial charge >= 0.3 is 0 Å². The molecule has 1 rings (SSSR count). The van der Waals surface area contributed by atoms with E-state index in [1.807, 2.05) is 18.2 Å². The number of pyridine rings is 1. The van der Waals surface area contributed by atoms with Gasteiger partial charge in [0, 0.05) is 12.1 Å². The van der Waals surface area contributed by atoms with E-state index in [2.05, 4.69) is 36.9 Å².